The number of sulfonamides is 1. The predicted molar refractivity (Wildman–Crippen MR) is 117 cm³/mol. The van der Waals surface area contributed by atoms with Crippen LogP contribution >= 0.6 is 0 Å². The number of aryl methyl sites for hydroxylation is 1. The number of hydrogen-bond acceptors (Lipinski definition) is 4. The molecule has 0 fully saturated rings. The van der Waals surface area contributed by atoms with E-state index >= 15 is 0 Å². The molecule has 164 valence electrons. The first kappa shape index (κ1) is 24.0. The van der Waals surface area contributed by atoms with Gasteiger partial charge in [-0.1, -0.05) is 32.0 Å². The molecule has 2 aromatic carbocycles. The van der Waals surface area contributed by atoms with E-state index in [1.54, 1.807) is 58.0 Å². The van der Waals surface area contributed by atoms with Gasteiger partial charge in [-0.05, 0) is 56.2 Å². The fraction of sp³-hybridized carbons (Fsp3) is 0.409. The van der Waals surface area contributed by atoms with Crippen molar-refractivity contribution in [3.05, 3.63) is 59.4 Å². The van der Waals surface area contributed by atoms with Gasteiger partial charge in [0.25, 0.3) is 0 Å². The van der Waals surface area contributed by atoms with Crippen molar-refractivity contribution in [2.24, 2.45) is 0 Å². The molecule has 0 bridgehead atoms. The van der Waals surface area contributed by atoms with E-state index in [4.69, 9.17) is 0 Å². The zero-order chi connectivity index (χ0) is 22.5. The van der Waals surface area contributed by atoms with Crippen LogP contribution in [0.25, 0.3) is 0 Å². The Kier molecular flexibility index (Phi) is 8.11. The molecule has 0 aliphatic rings. The predicted octanol–water partition coefficient (Wildman–Crippen LogP) is 3.84. The quantitative estimate of drug-likeness (QED) is 0.627. The fourth-order valence-corrected chi connectivity index (χ4v) is 4.61. The first-order chi connectivity index (χ1) is 14.1. The van der Waals surface area contributed by atoms with Crippen molar-refractivity contribution in [1.29, 1.82) is 0 Å². The second-order valence-electron chi connectivity index (χ2n) is 7.24. The van der Waals surface area contributed by atoms with E-state index in [1.807, 2.05) is 6.92 Å². The van der Waals surface area contributed by atoms with E-state index in [0.717, 1.165) is 11.1 Å². The van der Waals surface area contributed by atoms with E-state index in [9.17, 15) is 17.6 Å². The molecule has 2 unspecified atom stereocenters. The van der Waals surface area contributed by atoms with Crippen LogP contribution in [0, 0.1) is 12.7 Å². The summed E-state index contributed by atoms with van der Waals surface area (Å²) in [4.78, 5) is 12.7. The Morgan fingerprint density at radius 2 is 1.67 bits per heavy atom. The number of nitrogens with zero attached hydrogens (tertiary/aromatic N) is 1. The van der Waals surface area contributed by atoms with Crippen LogP contribution in [0.2, 0.25) is 0 Å². The van der Waals surface area contributed by atoms with Crippen molar-refractivity contribution >= 4 is 21.6 Å². The normalized spacial score (nSPS) is 13.8. The Hall–Kier alpha value is -2.29. The number of amides is 1. The van der Waals surface area contributed by atoms with Crippen molar-refractivity contribution < 1.29 is 17.6 Å². The molecule has 30 heavy (non-hydrogen) atoms. The highest BCUT2D eigenvalue weighted by Gasteiger charge is 2.22. The number of anilines is 1. The van der Waals surface area contributed by atoms with Crippen LogP contribution < -0.4 is 10.6 Å². The summed E-state index contributed by atoms with van der Waals surface area (Å²) in [5.74, 6) is -0.834. The summed E-state index contributed by atoms with van der Waals surface area (Å²) >= 11 is 0. The van der Waals surface area contributed by atoms with E-state index in [-0.39, 0.29) is 22.5 Å². The number of nitrogens with one attached hydrogen (secondary N) is 2. The molecular formula is C22H30FN3O3S. The minimum Gasteiger partial charge on any atom is -0.322 e. The molecule has 0 heterocycles. The molecule has 0 saturated heterocycles. The molecule has 0 aliphatic carbocycles. The van der Waals surface area contributed by atoms with Crippen LogP contribution in [0.5, 0.6) is 0 Å². The third kappa shape index (κ3) is 5.65. The molecule has 6 nitrogen and oxygen atoms in total. The molecule has 1 amide bonds. The summed E-state index contributed by atoms with van der Waals surface area (Å²) in [7, 11) is -3.51. The van der Waals surface area contributed by atoms with Crippen molar-refractivity contribution in [3.63, 3.8) is 0 Å². The number of halogens is 1. The first-order valence-electron chi connectivity index (χ1n) is 10.0. The third-order valence-electron chi connectivity index (χ3n) is 5.00. The van der Waals surface area contributed by atoms with Gasteiger partial charge < -0.3 is 5.32 Å². The zero-order valence-corrected chi connectivity index (χ0v) is 18.9. The van der Waals surface area contributed by atoms with Gasteiger partial charge in [-0.25, -0.2) is 12.8 Å². The van der Waals surface area contributed by atoms with Gasteiger partial charge in [0.1, 0.15) is 5.82 Å². The van der Waals surface area contributed by atoms with Gasteiger partial charge in [0.05, 0.1) is 16.6 Å². The van der Waals surface area contributed by atoms with E-state index in [0.29, 0.717) is 13.1 Å². The van der Waals surface area contributed by atoms with Crippen LogP contribution in [0.4, 0.5) is 10.1 Å². The molecule has 2 aromatic rings. The maximum Gasteiger partial charge on any atom is 0.243 e. The summed E-state index contributed by atoms with van der Waals surface area (Å²) in [6, 6.07) is 10.5. The summed E-state index contributed by atoms with van der Waals surface area (Å²) in [6.45, 7) is 9.77. The number of hydrogen-bond donors (Lipinski definition) is 2. The Balaban J connectivity index is 2.04. The fourth-order valence-electron chi connectivity index (χ4n) is 3.15. The highest BCUT2D eigenvalue weighted by molar-refractivity contribution is 7.89. The van der Waals surface area contributed by atoms with Gasteiger partial charge >= 0.3 is 0 Å². The Bertz CT molecular complexity index is 974. The lowest BCUT2D eigenvalue weighted by atomic mass is 10.1. The minimum atomic E-state index is -3.51. The maximum absolute atomic E-state index is 14.0. The van der Waals surface area contributed by atoms with Gasteiger partial charge in [0.15, 0.2) is 0 Å². The average Bonchev–Trinajstić information content (AvgIpc) is 2.70. The van der Waals surface area contributed by atoms with Crippen LogP contribution in [0.3, 0.4) is 0 Å². The Morgan fingerprint density at radius 3 is 2.20 bits per heavy atom. The SMILES string of the molecule is CCN(CC)S(=O)(=O)c1ccc(C(C)NC(C)C(=O)Nc2ccc(C)cc2F)cc1. The molecule has 0 radical (unpaired) electrons. The number of benzene rings is 2. The molecule has 8 heteroatoms. The highest BCUT2D eigenvalue weighted by atomic mass is 32.2. The van der Waals surface area contributed by atoms with Gasteiger partial charge in [-0.2, -0.15) is 4.31 Å². The zero-order valence-electron chi connectivity index (χ0n) is 18.1. The molecule has 2 atom stereocenters. The summed E-state index contributed by atoms with van der Waals surface area (Å²) in [5.41, 5.74) is 1.75. The second-order valence-corrected chi connectivity index (χ2v) is 9.18. The molecule has 2 N–H and O–H groups in total. The van der Waals surface area contributed by atoms with Gasteiger partial charge in [-0.15, -0.1) is 0 Å². The van der Waals surface area contributed by atoms with E-state index in [2.05, 4.69) is 10.6 Å². The van der Waals surface area contributed by atoms with Crippen molar-refractivity contribution in [3.8, 4) is 0 Å². The molecule has 0 saturated carbocycles. The van der Waals surface area contributed by atoms with Crippen LogP contribution in [0.1, 0.15) is 44.9 Å². The van der Waals surface area contributed by atoms with Crippen LogP contribution in [0.15, 0.2) is 47.4 Å². The van der Waals surface area contributed by atoms with Crippen molar-refractivity contribution in [2.45, 2.75) is 51.6 Å². The monoisotopic (exact) mass is 435 g/mol. The topological polar surface area (TPSA) is 78.5 Å². The summed E-state index contributed by atoms with van der Waals surface area (Å²) in [5, 5.41) is 5.74. The van der Waals surface area contributed by atoms with Crippen LogP contribution in [-0.4, -0.2) is 37.8 Å². The molecule has 2 rings (SSSR count). The second kappa shape index (κ2) is 10.1. The molecular weight excluding hydrogens is 405 g/mol. The van der Waals surface area contributed by atoms with Gasteiger partial charge in [0, 0.05) is 19.1 Å². The first-order valence-corrected chi connectivity index (χ1v) is 11.5. The van der Waals surface area contributed by atoms with E-state index < -0.39 is 21.9 Å². The molecule has 0 aliphatic heterocycles. The Morgan fingerprint density at radius 1 is 1.07 bits per heavy atom. The third-order valence-corrected chi connectivity index (χ3v) is 7.06. The van der Waals surface area contributed by atoms with Crippen molar-refractivity contribution in [1.82, 2.24) is 9.62 Å². The maximum atomic E-state index is 14.0. The average molecular weight is 436 g/mol. The lowest BCUT2D eigenvalue weighted by Crippen LogP contribution is -2.39. The molecule has 0 aromatic heterocycles. The number of rotatable bonds is 9. The lowest BCUT2D eigenvalue weighted by Gasteiger charge is -2.21. The standard InChI is InChI=1S/C22H30FN3O3S/c1-6-26(7-2)30(28,29)19-11-9-18(10-12-19)16(4)24-17(5)22(27)25-21-13-8-15(3)14-20(21)23/h8-14,16-17,24H,6-7H2,1-5H3,(H,25,27). The Labute approximate surface area is 178 Å². The minimum absolute atomic E-state index is 0.137. The summed E-state index contributed by atoms with van der Waals surface area (Å²) < 4.78 is 40.5. The number of carbonyl (C=O) groups excluding carboxylic acids is 1. The molecule has 0 spiro atoms. The van der Waals surface area contributed by atoms with E-state index in [1.165, 1.54) is 16.4 Å². The number of carbonyl (C=O) groups is 1. The van der Waals surface area contributed by atoms with Gasteiger partial charge in [-0.3, -0.25) is 10.1 Å². The van der Waals surface area contributed by atoms with Gasteiger partial charge in [0.2, 0.25) is 15.9 Å². The van der Waals surface area contributed by atoms with Crippen molar-refractivity contribution in [2.75, 3.05) is 18.4 Å². The van der Waals surface area contributed by atoms with Crippen LogP contribution in [-0.2, 0) is 14.8 Å². The largest absolute Gasteiger partial charge is 0.322 e. The smallest absolute Gasteiger partial charge is 0.243 e. The highest BCUT2D eigenvalue weighted by Crippen LogP contribution is 2.20. The summed E-state index contributed by atoms with van der Waals surface area (Å²) in [6.07, 6.45) is 0. The lowest BCUT2D eigenvalue weighted by molar-refractivity contribution is -0.118.